The van der Waals surface area contributed by atoms with Crippen LogP contribution in [0.5, 0.6) is 0 Å². The molecule has 0 aliphatic heterocycles. The number of nitrogens with two attached hydrogens (primary N) is 1. The number of hydrogen-bond acceptors (Lipinski definition) is 3. The number of pyridine rings is 1. The minimum absolute atomic E-state index is 0.540. The van der Waals surface area contributed by atoms with Crippen molar-refractivity contribution < 1.29 is 0 Å². The predicted molar refractivity (Wildman–Crippen MR) is 89.5 cm³/mol. The highest BCUT2D eigenvalue weighted by molar-refractivity contribution is 5.81. The number of anilines is 1. The molecular weight excluding hydrogens is 258 g/mol. The van der Waals surface area contributed by atoms with Gasteiger partial charge in [-0.1, -0.05) is 38.0 Å². The van der Waals surface area contributed by atoms with Crippen molar-refractivity contribution >= 4 is 16.7 Å². The molecule has 1 fully saturated rings. The maximum Gasteiger partial charge on any atom is 0.133 e. The molecule has 2 aromatic rings. The average molecular weight is 283 g/mol. The van der Waals surface area contributed by atoms with Crippen molar-refractivity contribution in [1.29, 1.82) is 0 Å². The minimum atomic E-state index is 0.540. The lowest BCUT2D eigenvalue weighted by Gasteiger charge is -2.37. The van der Waals surface area contributed by atoms with E-state index in [4.69, 9.17) is 10.7 Å². The lowest BCUT2D eigenvalue weighted by Crippen LogP contribution is -2.40. The molecule has 3 rings (SSSR count). The van der Waals surface area contributed by atoms with E-state index < -0.39 is 0 Å². The molecule has 112 valence electrons. The van der Waals surface area contributed by atoms with Gasteiger partial charge in [-0.25, -0.2) is 4.98 Å². The van der Waals surface area contributed by atoms with E-state index in [1.54, 1.807) is 0 Å². The van der Waals surface area contributed by atoms with Gasteiger partial charge >= 0.3 is 0 Å². The van der Waals surface area contributed by atoms with Crippen LogP contribution in [0.25, 0.3) is 10.9 Å². The number of nitrogens with zero attached hydrogens (tertiary/aromatic N) is 2. The highest BCUT2D eigenvalue weighted by Crippen LogP contribution is 2.32. The monoisotopic (exact) mass is 283 g/mol. The maximum absolute atomic E-state index is 5.98. The van der Waals surface area contributed by atoms with E-state index in [2.05, 4.69) is 43.1 Å². The fourth-order valence-corrected chi connectivity index (χ4v) is 3.63. The summed E-state index contributed by atoms with van der Waals surface area (Å²) in [5.74, 6) is 1.79. The smallest absolute Gasteiger partial charge is 0.133 e. The Kier molecular flexibility index (Phi) is 4.11. The van der Waals surface area contributed by atoms with Gasteiger partial charge in [0.05, 0.1) is 5.52 Å². The SMILES string of the molecule is CC1CCCCC1N(C)c1nc2ccccc2cc1CN. The Morgan fingerprint density at radius 1 is 1.24 bits per heavy atom. The van der Waals surface area contributed by atoms with E-state index >= 15 is 0 Å². The van der Waals surface area contributed by atoms with Gasteiger partial charge < -0.3 is 10.6 Å². The lowest BCUT2D eigenvalue weighted by molar-refractivity contribution is 0.320. The first-order valence-corrected chi connectivity index (χ1v) is 8.02. The molecule has 1 saturated carbocycles. The first-order chi connectivity index (χ1) is 10.2. The molecular formula is C18H25N3. The summed E-state index contributed by atoms with van der Waals surface area (Å²) in [6.45, 7) is 2.90. The molecule has 2 N–H and O–H groups in total. The molecule has 2 unspecified atom stereocenters. The lowest BCUT2D eigenvalue weighted by atomic mass is 9.85. The molecule has 1 heterocycles. The van der Waals surface area contributed by atoms with Crippen molar-refractivity contribution in [2.75, 3.05) is 11.9 Å². The Morgan fingerprint density at radius 2 is 2.00 bits per heavy atom. The minimum Gasteiger partial charge on any atom is -0.356 e. The molecule has 2 atom stereocenters. The molecule has 1 aromatic carbocycles. The van der Waals surface area contributed by atoms with Crippen LogP contribution in [0, 0.1) is 5.92 Å². The van der Waals surface area contributed by atoms with Gasteiger partial charge in [0.15, 0.2) is 0 Å². The molecule has 3 heteroatoms. The van der Waals surface area contributed by atoms with E-state index in [1.165, 1.54) is 31.1 Å². The fourth-order valence-electron chi connectivity index (χ4n) is 3.63. The number of fused-ring (bicyclic) bond motifs is 1. The van der Waals surface area contributed by atoms with Crippen LogP contribution in [-0.4, -0.2) is 18.1 Å². The molecule has 1 aliphatic carbocycles. The number of para-hydroxylation sites is 1. The van der Waals surface area contributed by atoms with Crippen molar-refractivity contribution in [3.63, 3.8) is 0 Å². The first kappa shape index (κ1) is 14.3. The van der Waals surface area contributed by atoms with Gasteiger partial charge in [0.1, 0.15) is 5.82 Å². The van der Waals surface area contributed by atoms with Gasteiger partial charge in [0, 0.05) is 30.6 Å². The predicted octanol–water partition coefficient (Wildman–Crippen LogP) is 3.71. The van der Waals surface area contributed by atoms with Crippen molar-refractivity contribution in [3.05, 3.63) is 35.9 Å². The van der Waals surface area contributed by atoms with Crippen LogP contribution in [0.15, 0.2) is 30.3 Å². The summed E-state index contributed by atoms with van der Waals surface area (Å²) < 4.78 is 0. The van der Waals surface area contributed by atoms with Crippen LogP contribution >= 0.6 is 0 Å². The van der Waals surface area contributed by atoms with E-state index in [-0.39, 0.29) is 0 Å². The summed E-state index contributed by atoms with van der Waals surface area (Å²) in [6.07, 6.45) is 5.27. The quantitative estimate of drug-likeness (QED) is 0.933. The fraction of sp³-hybridized carbons (Fsp3) is 0.500. The van der Waals surface area contributed by atoms with Crippen LogP contribution in [0.1, 0.15) is 38.2 Å². The summed E-state index contributed by atoms with van der Waals surface area (Å²) in [7, 11) is 2.18. The Bertz CT molecular complexity index is 623. The molecule has 3 nitrogen and oxygen atoms in total. The second kappa shape index (κ2) is 6.02. The molecule has 21 heavy (non-hydrogen) atoms. The van der Waals surface area contributed by atoms with Crippen molar-refractivity contribution in [2.24, 2.45) is 11.7 Å². The van der Waals surface area contributed by atoms with E-state index in [1.807, 2.05) is 6.07 Å². The Labute approximate surface area is 127 Å². The largest absolute Gasteiger partial charge is 0.356 e. The summed E-state index contributed by atoms with van der Waals surface area (Å²) >= 11 is 0. The number of hydrogen-bond donors (Lipinski definition) is 1. The maximum atomic E-state index is 5.98. The van der Waals surface area contributed by atoms with Gasteiger partial charge in [-0.15, -0.1) is 0 Å². The van der Waals surface area contributed by atoms with Crippen LogP contribution < -0.4 is 10.6 Å². The summed E-state index contributed by atoms with van der Waals surface area (Å²) in [5.41, 5.74) is 8.18. The third-order valence-corrected chi connectivity index (χ3v) is 4.90. The zero-order valence-electron chi connectivity index (χ0n) is 13.0. The Morgan fingerprint density at radius 3 is 2.76 bits per heavy atom. The summed E-state index contributed by atoms with van der Waals surface area (Å²) in [5, 5.41) is 1.17. The standard InChI is InChI=1S/C18H25N3/c1-13-7-3-6-10-17(13)21(2)18-15(12-19)11-14-8-4-5-9-16(14)20-18/h4-5,8-9,11,13,17H,3,6-7,10,12,19H2,1-2H3. The first-order valence-electron chi connectivity index (χ1n) is 8.02. The molecule has 0 radical (unpaired) electrons. The Hall–Kier alpha value is -1.61. The number of rotatable bonds is 3. The molecule has 0 amide bonds. The van der Waals surface area contributed by atoms with Crippen molar-refractivity contribution in [3.8, 4) is 0 Å². The van der Waals surface area contributed by atoms with Crippen LogP contribution in [0.4, 0.5) is 5.82 Å². The van der Waals surface area contributed by atoms with E-state index in [0.717, 1.165) is 22.8 Å². The van der Waals surface area contributed by atoms with Gasteiger partial charge in [-0.3, -0.25) is 0 Å². The zero-order chi connectivity index (χ0) is 14.8. The van der Waals surface area contributed by atoms with E-state index in [9.17, 15) is 0 Å². The third-order valence-electron chi connectivity index (χ3n) is 4.90. The normalized spacial score (nSPS) is 22.4. The topological polar surface area (TPSA) is 42.2 Å². The molecule has 1 aliphatic rings. The van der Waals surface area contributed by atoms with Gasteiger partial charge in [-0.2, -0.15) is 0 Å². The van der Waals surface area contributed by atoms with Crippen molar-refractivity contribution in [2.45, 2.75) is 45.2 Å². The zero-order valence-corrected chi connectivity index (χ0v) is 13.0. The summed E-state index contributed by atoms with van der Waals surface area (Å²) in [4.78, 5) is 7.27. The second-order valence-electron chi connectivity index (χ2n) is 6.31. The van der Waals surface area contributed by atoms with Crippen LogP contribution in [0.3, 0.4) is 0 Å². The highest BCUT2D eigenvalue weighted by Gasteiger charge is 2.27. The van der Waals surface area contributed by atoms with Crippen molar-refractivity contribution in [1.82, 2.24) is 4.98 Å². The highest BCUT2D eigenvalue weighted by atomic mass is 15.2. The second-order valence-corrected chi connectivity index (χ2v) is 6.31. The molecule has 0 saturated heterocycles. The Balaban J connectivity index is 2.01. The van der Waals surface area contributed by atoms with Gasteiger partial charge in [0.2, 0.25) is 0 Å². The van der Waals surface area contributed by atoms with Gasteiger partial charge in [-0.05, 0) is 30.9 Å². The van der Waals surface area contributed by atoms with Crippen LogP contribution in [0.2, 0.25) is 0 Å². The third kappa shape index (κ3) is 2.75. The molecule has 1 aromatic heterocycles. The molecule has 0 bridgehead atoms. The summed E-state index contributed by atoms with van der Waals surface area (Å²) in [6, 6.07) is 11.1. The number of aromatic nitrogens is 1. The van der Waals surface area contributed by atoms with Gasteiger partial charge in [0.25, 0.3) is 0 Å². The van der Waals surface area contributed by atoms with Crippen LogP contribution in [-0.2, 0) is 6.54 Å². The number of benzene rings is 1. The average Bonchev–Trinajstić information content (AvgIpc) is 2.53. The molecule has 0 spiro atoms. The van der Waals surface area contributed by atoms with E-state index in [0.29, 0.717) is 12.6 Å².